The Bertz CT molecular complexity index is 393. The largest absolute Gasteiger partial charge is 0.392 e. The quantitative estimate of drug-likeness (QED) is 0.756. The van der Waals surface area contributed by atoms with Crippen LogP contribution in [0.3, 0.4) is 0 Å². The molecule has 3 heteroatoms. The van der Waals surface area contributed by atoms with Crippen molar-refractivity contribution in [3.05, 3.63) is 24.0 Å². The highest BCUT2D eigenvalue weighted by Crippen LogP contribution is 2.32. The highest BCUT2D eigenvalue weighted by atomic mass is 16.3. The second-order valence-corrected chi connectivity index (χ2v) is 4.19. The molecule has 16 heavy (non-hydrogen) atoms. The van der Waals surface area contributed by atoms with Gasteiger partial charge in [0.25, 0.3) is 0 Å². The number of nitrogens with zero attached hydrogens (tertiary/aromatic N) is 2. The zero-order valence-electron chi connectivity index (χ0n) is 9.26. The summed E-state index contributed by atoms with van der Waals surface area (Å²) in [4.78, 5) is 6.17. The zero-order valence-corrected chi connectivity index (χ0v) is 9.26. The van der Waals surface area contributed by atoms with Crippen LogP contribution in [0.1, 0.15) is 18.4 Å². The van der Waals surface area contributed by atoms with E-state index in [4.69, 9.17) is 6.42 Å². The van der Waals surface area contributed by atoms with Crippen molar-refractivity contribution in [3.8, 4) is 12.3 Å². The molecule has 1 N–H and O–H groups in total. The maximum absolute atomic E-state index is 9.27. The molecule has 2 rings (SSSR count). The minimum atomic E-state index is 0.00884. The Morgan fingerprint density at radius 1 is 1.56 bits per heavy atom. The van der Waals surface area contributed by atoms with Gasteiger partial charge in [-0.15, -0.1) is 6.42 Å². The van der Waals surface area contributed by atoms with Gasteiger partial charge in [-0.25, -0.2) is 0 Å². The fourth-order valence-electron chi connectivity index (χ4n) is 1.82. The van der Waals surface area contributed by atoms with E-state index in [1.54, 1.807) is 12.4 Å². The summed E-state index contributed by atoms with van der Waals surface area (Å²) >= 11 is 0. The first-order chi connectivity index (χ1) is 7.85. The van der Waals surface area contributed by atoms with Crippen LogP contribution in [0.15, 0.2) is 18.5 Å². The van der Waals surface area contributed by atoms with E-state index in [0.29, 0.717) is 6.54 Å². The topological polar surface area (TPSA) is 36.4 Å². The van der Waals surface area contributed by atoms with Crippen LogP contribution in [-0.4, -0.2) is 23.2 Å². The van der Waals surface area contributed by atoms with Crippen LogP contribution in [0, 0.1) is 18.3 Å². The summed E-state index contributed by atoms with van der Waals surface area (Å²) in [5, 5.41) is 9.27. The lowest BCUT2D eigenvalue weighted by Crippen LogP contribution is -2.27. The number of aromatic nitrogens is 1. The second-order valence-electron chi connectivity index (χ2n) is 4.19. The summed E-state index contributed by atoms with van der Waals surface area (Å²) in [6, 6.07) is 1.92. The van der Waals surface area contributed by atoms with Gasteiger partial charge in [0, 0.05) is 30.2 Å². The number of hydrogen-bond acceptors (Lipinski definition) is 3. The van der Waals surface area contributed by atoms with Crippen LogP contribution in [0.25, 0.3) is 0 Å². The summed E-state index contributed by atoms with van der Waals surface area (Å²) in [5.74, 6) is 3.45. The minimum Gasteiger partial charge on any atom is -0.392 e. The van der Waals surface area contributed by atoms with Gasteiger partial charge in [0.15, 0.2) is 0 Å². The van der Waals surface area contributed by atoms with Crippen molar-refractivity contribution < 1.29 is 5.11 Å². The van der Waals surface area contributed by atoms with Crippen molar-refractivity contribution in [2.45, 2.75) is 19.4 Å². The number of anilines is 1. The third kappa shape index (κ3) is 2.53. The molecule has 0 spiro atoms. The Morgan fingerprint density at radius 3 is 3.00 bits per heavy atom. The molecule has 1 fully saturated rings. The van der Waals surface area contributed by atoms with E-state index in [9.17, 15) is 5.11 Å². The Labute approximate surface area is 96.1 Å². The number of aliphatic hydroxyl groups is 1. The molecule has 1 aromatic heterocycles. The van der Waals surface area contributed by atoms with Gasteiger partial charge in [0.1, 0.15) is 0 Å². The van der Waals surface area contributed by atoms with Gasteiger partial charge in [-0.1, -0.05) is 5.92 Å². The van der Waals surface area contributed by atoms with Gasteiger partial charge in [0.2, 0.25) is 0 Å². The zero-order chi connectivity index (χ0) is 11.4. The molecule has 1 heterocycles. The Morgan fingerprint density at radius 2 is 2.38 bits per heavy atom. The van der Waals surface area contributed by atoms with E-state index < -0.39 is 0 Å². The van der Waals surface area contributed by atoms with Crippen LogP contribution < -0.4 is 4.90 Å². The minimum absolute atomic E-state index is 0.00884. The molecule has 0 aliphatic heterocycles. The molecular formula is C13H16N2O. The maximum Gasteiger partial charge on any atom is 0.0791 e. The average Bonchev–Trinajstić information content (AvgIpc) is 3.12. The summed E-state index contributed by atoms with van der Waals surface area (Å²) < 4.78 is 0. The van der Waals surface area contributed by atoms with E-state index in [1.165, 1.54) is 12.8 Å². The first-order valence-electron chi connectivity index (χ1n) is 5.57. The molecule has 0 atom stereocenters. The van der Waals surface area contributed by atoms with Crippen molar-refractivity contribution >= 4 is 5.69 Å². The van der Waals surface area contributed by atoms with Crippen LogP contribution in [0.4, 0.5) is 5.69 Å². The molecular weight excluding hydrogens is 200 g/mol. The number of hydrogen-bond donors (Lipinski definition) is 1. The fourth-order valence-corrected chi connectivity index (χ4v) is 1.82. The molecule has 0 amide bonds. The van der Waals surface area contributed by atoms with E-state index >= 15 is 0 Å². The lowest BCUT2D eigenvalue weighted by Gasteiger charge is -2.24. The van der Waals surface area contributed by atoms with Crippen LogP contribution in [0.2, 0.25) is 0 Å². The first kappa shape index (κ1) is 11.0. The van der Waals surface area contributed by atoms with Gasteiger partial charge in [-0.2, -0.15) is 0 Å². The number of terminal acetylenes is 1. The number of rotatable bonds is 5. The van der Waals surface area contributed by atoms with Gasteiger partial charge in [0.05, 0.1) is 13.2 Å². The molecule has 0 saturated heterocycles. The van der Waals surface area contributed by atoms with E-state index in [1.807, 2.05) is 6.07 Å². The maximum atomic E-state index is 9.27. The highest BCUT2D eigenvalue weighted by molar-refractivity contribution is 5.53. The smallest absolute Gasteiger partial charge is 0.0791 e. The van der Waals surface area contributed by atoms with Gasteiger partial charge in [-0.05, 0) is 24.8 Å². The molecule has 0 radical (unpaired) electrons. The summed E-state index contributed by atoms with van der Waals surface area (Å²) in [7, 11) is 0. The molecule has 84 valence electrons. The number of pyridine rings is 1. The standard InChI is InChI=1S/C13H16N2O/c1-2-7-15(9-11-3-4-11)13-5-6-14-8-12(13)10-16/h1,5-6,8,11,16H,3-4,7,9-10H2. The highest BCUT2D eigenvalue weighted by Gasteiger charge is 2.24. The van der Waals surface area contributed by atoms with Gasteiger partial charge >= 0.3 is 0 Å². The average molecular weight is 216 g/mol. The molecule has 1 saturated carbocycles. The number of aliphatic hydroxyl groups excluding tert-OH is 1. The molecule has 1 aromatic rings. The molecule has 0 unspecified atom stereocenters. The van der Waals surface area contributed by atoms with E-state index in [2.05, 4.69) is 15.8 Å². The SMILES string of the molecule is C#CCN(CC1CC1)c1ccncc1CO. The van der Waals surface area contributed by atoms with Gasteiger partial charge in [-0.3, -0.25) is 4.98 Å². The van der Waals surface area contributed by atoms with Crippen LogP contribution in [0.5, 0.6) is 0 Å². The third-order valence-electron chi connectivity index (χ3n) is 2.85. The Kier molecular flexibility index (Phi) is 3.43. The van der Waals surface area contributed by atoms with Gasteiger partial charge < -0.3 is 10.0 Å². The summed E-state index contributed by atoms with van der Waals surface area (Å²) in [6.07, 6.45) is 11.4. The second kappa shape index (κ2) is 5.00. The van der Waals surface area contributed by atoms with Crippen molar-refractivity contribution in [2.24, 2.45) is 5.92 Å². The third-order valence-corrected chi connectivity index (χ3v) is 2.85. The Hall–Kier alpha value is -1.53. The molecule has 0 aromatic carbocycles. The normalized spacial score (nSPS) is 14.5. The van der Waals surface area contributed by atoms with Crippen LogP contribution in [-0.2, 0) is 6.61 Å². The molecule has 1 aliphatic carbocycles. The van der Waals surface area contributed by atoms with Crippen LogP contribution >= 0.6 is 0 Å². The first-order valence-corrected chi connectivity index (χ1v) is 5.57. The van der Waals surface area contributed by atoms with Crippen molar-refractivity contribution in [1.82, 2.24) is 4.98 Å². The fraction of sp³-hybridized carbons (Fsp3) is 0.462. The van der Waals surface area contributed by atoms with Crippen molar-refractivity contribution in [3.63, 3.8) is 0 Å². The predicted octanol–water partition coefficient (Wildman–Crippen LogP) is 1.42. The van der Waals surface area contributed by atoms with E-state index in [-0.39, 0.29) is 6.61 Å². The van der Waals surface area contributed by atoms with Crippen molar-refractivity contribution in [1.29, 1.82) is 0 Å². The summed E-state index contributed by atoms with van der Waals surface area (Å²) in [5.41, 5.74) is 1.86. The lowest BCUT2D eigenvalue weighted by molar-refractivity contribution is 0.281. The molecule has 0 bridgehead atoms. The molecule has 3 nitrogen and oxygen atoms in total. The Balaban J connectivity index is 2.18. The molecule has 1 aliphatic rings. The van der Waals surface area contributed by atoms with E-state index in [0.717, 1.165) is 23.7 Å². The monoisotopic (exact) mass is 216 g/mol. The predicted molar refractivity (Wildman–Crippen MR) is 63.9 cm³/mol. The lowest BCUT2D eigenvalue weighted by atomic mass is 10.2. The summed E-state index contributed by atoms with van der Waals surface area (Å²) in [6.45, 7) is 1.59. The van der Waals surface area contributed by atoms with Crippen molar-refractivity contribution in [2.75, 3.05) is 18.0 Å².